The second-order valence-corrected chi connectivity index (χ2v) is 6.74. The summed E-state index contributed by atoms with van der Waals surface area (Å²) in [6.45, 7) is -0.477. The summed E-state index contributed by atoms with van der Waals surface area (Å²) in [6.07, 6.45) is 0.505. The van der Waals surface area contributed by atoms with Crippen LogP contribution in [0.2, 0.25) is 0 Å². The predicted molar refractivity (Wildman–Crippen MR) is 108 cm³/mol. The SMILES string of the molecule is NCCCCC(NC(=O)C(CS)NC(=O)C(CO)NC(=O)C(N)CC(=O)O)C(=O)O. The van der Waals surface area contributed by atoms with E-state index >= 15 is 0 Å². The molecule has 0 aromatic heterocycles. The van der Waals surface area contributed by atoms with Gasteiger partial charge in [0.25, 0.3) is 0 Å². The van der Waals surface area contributed by atoms with Crippen LogP contribution in [0.4, 0.5) is 0 Å². The van der Waals surface area contributed by atoms with Crippen molar-refractivity contribution in [2.75, 3.05) is 18.9 Å². The number of aliphatic carboxylic acids is 2. The Kier molecular flexibility index (Phi) is 13.4. The molecule has 0 bridgehead atoms. The van der Waals surface area contributed by atoms with Crippen molar-refractivity contribution in [1.82, 2.24) is 16.0 Å². The molecule has 13 nitrogen and oxygen atoms in total. The Labute approximate surface area is 178 Å². The normalized spacial score (nSPS) is 14.7. The molecule has 4 atom stereocenters. The van der Waals surface area contributed by atoms with Crippen LogP contribution >= 0.6 is 12.6 Å². The van der Waals surface area contributed by atoms with Gasteiger partial charge in [-0.2, -0.15) is 12.6 Å². The Bertz CT molecular complexity index is 620. The number of hydrogen-bond acceptors (Lipinski definition) is 9. The highest BCUT2D eigenvalue weighted by atomic mass is 32.1. The van der Waals surface area contributed by atoms with E-state index in [2.05, 4.69) is 28.6 Å². The molecule has 3 amide bonds. The molecule has 0 saturated carbocycles. The fourth-order valence-electron chi connectivity index (χ4n) is 2.24. The average Bonchev–Trinajstić information content (AvgIpc) is 2.68. The molecule has 0 spiro atoms. The number of nitrogens with two attached hydrogens (primary N) is 2. The van der Waals surface area contributed by atoms with E-state index in [4.69, 9.17) is 16.6 Å². The first-order chi connectivity index (χ1) is 14.1. The molecule has 0 rings (SSSR count). The van der Waals surface area contributed by atoms with E-state index in [-0.39, 0.29) is 12.2 Å². The summed E-state index contributed by atoms with van der Waals surface area (Å²) in [4.78, 5) is 58.3. The van der Waals surface area contributed by atoms with Gasteiger partial charge in [-0.3, -0.25) is 19.2 Å². The van der Waals surface area contributed by atoms with E-state index < -0.39 is 66.9 Å². The minimum atomic E-state index is -1.51. The van der Waals surface area contributed by atoms with Gasteiger partial charge in [0.2, 0.25) is 17.7 Å². The zero-order chi connectivity index (χ0) is 23.3. The number of carbonyl (C=O) groups is 5. The van der Waals surface area contributed by atoms with Crippen molar-refractivity contribution < 1.29 is 39.3 Å². The summed E-state index contributed by atoms with van der Waals surface area (Å²) in [5.74, 6) is -5.53. The number of hydrogen-bond donors (Lipinski definition) is 9. The number of carboxylic acids is 2. The number of carbonyl (C=O) groups excluding carboxylic acids is 3. The van der Waals surface area contributed by atoms with Crippen molar-refractivity contribution in [3.63, 3.8) is 0 Å². The Hall–Kier alpha value is -2.42. The number of carboxylic acid groups (broad SMARTS) is 2. The highest BCUT2D eigenvalue weighted by Gasteiger charge is 2.29. The van der Waals surface area contributed by atoms with Crippen LogP contribution in [0.5, 0.6) is 0 Å². The van der Waals surface area contributed by atoms with Crippen molar-refractivity contribution in [2.24, 2.45) is 11.5 Å². The lowest BCUT2D eigenvalue weighted by atomic mass is 10.1. The number of rotatable bonds is 15. The summed E-state index contributed by atoms with van der Waals surface area (Å²) in [5, 5.41) is 33.8. The van der Waals surface area contributed by atoms with E-state index in [0.717, 1.165) is 0 Å². The second-order valence-electron chi connectivity index (χ2n) is 6.38. The Morgan fingerprint density at radius 2 is 1.40 bits per heavy atom. The largest absolute Gasteiger partial charge is 0.481 e. The van der Waals surface area contributed by atoms with Crippen LogP contribution < -0.4 is 27.4 Å². The molecule has 4 unspecified atom stereocenters. The van der Waals surface area contributed by atoms with Gasteiger partial charge in [0.05, 0.1) is 19.1 Å². The molecule has 0 aromatic carbocycles. The summed E-state index contributed by atoms with van der Waals surface area (Å²) in [5.41, 5.74) is 10.7. The topological polar surface area (TPSA) is 234 Å². The molecular formula is C16H29N5O8S. The van der Waals surface area contributed by atoms with E-state index in [1.807, 2.05) is 0 Å². The van der Waals surface area contributed by atoms with Crippen molar-refractivity contribution in [3.05, 3.63) is 0 Å². The summed E-state index contributed by atoms with van der Waals surface area (Å²) >= 11 is 3.95. The maximum absolute atomic E-state index is 12.3. The Morgan fingerprint density at radius 3 is 1.87 bits per heavy atom. The number of aliphatic hydroxyl groups excluding tert-OH is 1. The first-order valence-corrected chi connectivity index (χ1v) is 9.73. The van der Waals surface area contributed by atoms with Gasteiger partial charge in [0, 0.05) is 5.75 Å². The third kappa shape index (κ3) is 10.4. The van der Waals surface area contributed by atoms with E-state index in [9.17, 15) is 34.2 Å². The number of nitrogens with one attached hydrogen (secondary N) is 3. The molecule has 10 N–H and O–H groups in total. The Morgan fingerprint density at radius 1 is 0.867 bits per heavy atom. The number of aliphatic hydroxyl groups is 1. The molecule has 0 fully saturated rings. The van der Waals surface area contributed by atoms with Crippen molar-refractivity contribution in [2.45, 2.75) is 49.9 Å². The molecule has 0 aliphatic heterocycles. The molecule has 30 heavy (non-hydrogen) atoms. The van der Waals surface area contributed by atoms with Crippen LogP contribution in [0, 0.1) is 0 Å². The molecule has 0 aliphatic carbocycles. The molecule has 0 saturated heterocycles. The van der Waals surface area contributed by atoms with Crippen molar-refractivity contribution >= 4 is 42.3 Å². The number of amides is 3. The number of thiol groups is 1. The highest BCUT2D eigenvalue weighted by Crippen LogP contribution is 2.02. The first kappa shape index (κ1) is 27.6. The second kappa shape index (κ2) is 14.5. The third-order valence-electron chi connectivity index (χ3n) is 3.92. The van der Waals surface area contributed by atoms with Gasteiger partial charge in [0.15, 0.2) is 0 Å². The van der Waals surface area contributed by atoms with E-state index in [1.54, 1.807) is 0 Å². The zero-order valence-corrected chi connectivity index (χ0v) is 17.1. The lowest BCUT2D eigenvalue weighted by molar-refractivity contribution is -0.142. The molecule has 0 heterocycles. The minimum Gasteiger partial charge on any atom is -0.481 e. The van der Waals surface area contributed by atoms with Crippen molar-refractivity contribution in [1.29, 1.82) is 0 Å². The smallest absolute Gasteiger partial charge is 0.326 e. The Balaban J connectivity index is 4.94. The van der Waals surface area contributed by atoms with Crippen molar-refractivity contribution in [3.8, 4) is 0 Å². The standard InChI is InChI=1S/C16H29N5O8S/c17-4-2-1-3-9(16(28)29)19-15(27)11(7-30)21-14(26)10(6-22)20-13(25)8(18)5-12(23)24/h8-11,22,30H,1-7,17-18H2,(H,19,27)(H,20,25)(H,21,26)(H,23,24)(H,28,29). The van der Waals surface area contributed by atoms with Gasteiger partial charge in [-0.25, -0.2) is 4.79 Å². The minimum absolute atomic E-state index is 0.141. The van der Waals surface area contributed by atoms with Gasteiger partial charge in [-0.15, -0.1) is 0 Å². The quantitative estimate of drug-likeness (QED) is 0.0875. The van der Waals surface area contributed by atoms with Crippen LogP contribution in [0.3, 0.4) is 0 Å². The fraction of sp³-hybridized carbons (Fsp3) is 0.688. The zero-order valence-electron chi connectivity index (χ0n) is 16.2. The van der Waals surface area contributed by atoms with Crippen LogP contribution in [0.25, 0.3) is 0 Å². The lowest BCUT2D eigenvalue weighted by Crippen LogP contribution is -2.58. The first-order valence-electron chi connectivity index (χ1n) is 9.10. The molecule has 172 valence electrons. The average molecular weight is 452 g/mol. The summed E-state index contributed by atoms with van der Waals surface area (Å²) in [6, 6.07) is -5.40. The highest BCUT2D eigenvalue weighted by molar-refractivity contribution is 7.80. The predicted octanol–water partition coefficient (Wildman–Crippen LogP) is -3.62. The van der Waals surface area contributed by atoms with E-state index in [0.29, 0.717) is 19.4 Å². The molecular weight excluding hydrogens is 422 g/mol. The van der Waals surface area contributed by atoms with Gasteiger partial charge in [-0.05, 0) is 25.8 Å². The monoisotopic (exact) mass is 451 g/mol. The third-order valence-corrected chi connectivity index (χ3v) is 4.29. The maximum Gasteiger partial charge on any atom is 0.326 e. The van der Waals surface area contributed by atoms with Crippen LogP contribution in [-0.4, -0.2) is 88.1 Å². The molecule has 0 aromatic rings. The molecule has 0 aliphatic rings. The van der Waals surface area contributed by atoms with Crippen LogP contribution in [0.15, 0.2) is 0 Å². The fourth-order valence-corrected chi connectivity index (χ4v) is 2.50. The van der Waals surface area contributed by atoms with E-state index in [1.165, 1.54) is 0 Å². The van der Waals surface area contributed by atoms with Gasteiger partial charge >= 0.3 is 11.9 Å². The summed E-state index contributed by atoms with van der Waals surface area (Å²) in [7, 11) is 0. The number of unbranched alkanes of at least 4 members (excludes halogenated alkanes) is 1. The van der Waals surface area contributed by atoms with Crippen LogP contribution in [0.1, 0.15) is 25.7 Å². The van der Waals surface area contributed by atoms with Gasteiger partial charge < -0.3 is 42.7 Å². The maximum atomic E-state index is 12.3. The van der Waals surface area contributed by atoms with Gasteiger partial charge in [0.1, 0.15) is 18.1 Å². The molecule has 14 heteroatoms. The summed E-state index contributed by atoms with van der Waals surface area (Å²) < 4.78 is 0. The lowest BCUT2D eigenvalue weighted by Gasteiger charge is -2.23. The molecule has 0 radical (unpaired) electrons. The van der Waals surface area contributed by atoms with Crippen LogP contribution in [-0.2, 0) is 24.0 Å². The van der Waals surface area contributed by atoms with Gasteiger partial charge in [-0.1, -0.05) is 0 Å².